The molecule has 6 nitrogen and oxygen atoms in total. The van der Waals surface area contributed by atoms with Crippen LogP contribution in [-0.2, 0) is 14.3 Å². The molecular formula is C20H18BrN3O3S. The first-order valence-corrected chi connectivity index (χ1v) is 10.2. The first-order valence-electron chi connectivity index (χ1n) is 8.44. The van der Waals surface area contributed by atoms with E-state index in [9.17, 15) is 9.59 Å². The van der Waals surface area contributed by atoms with Crippen LogP contribution in [0.1, 0.15) is 6.42 Å². The van der Waals surface area contributed by atoms with Crippen LogP contribution in [0.4, 0.5) is 17.1 Å². The van der Waals surface area contributed by atoms with Gasteiger partial charge in [-0.25, -0.2) is 4.99 Å². The van der Waals surface area contributed by atoms with Gasteiger partial charge in [0.15, 0.2) is 0 Å². The molecule has 1 aliphatic rings. The van der Waals surface area contributed by atoms with Crippen LogP contribution in [0.2, 0.25) is 0 Å². The van der Waals surface area contributed by atoms with Crippen LogP contribution in [0.15, 0.2) is 69.8 Å². The second-order valence-corrected chi connectivity index (χ2v) is 7.68. The van der Waals surface area contributed by atoms with Gasteiger partial charge in [0.2, 0.25) is 5.91 Å². The van der Waals surface area contributed by atoms with Crippen molar-refractivity contribution < 1.29 is 14.3 Å². The number of thioether (sulfide) groups is 1. The molecule has 0 saturated carbocycles. The highest BCUT2D eigenvalue weighted by atomic mass is 79.9. The van der Waals surface area contributed by atoms with E-state index in [1.165, 1.54) is 18.9 Å². The van der Waals surface area contributed by atoms with Crippen molar-refractivity contribution in [3.05, 3.63) is 64.8 Å². The third-order valence-electron chi connectivity index (χ3n) is 3.79. The Balaban J connectivity index is 1.73. The number of amides is 1. The fourth-order valence-corrected chi connectivity index (χ4v) is 3.59. The highest BCUT2D eigenvalue weighted by molar-refractivity contribution is 9.10. The smallest absolute Gasteiger partial charge is 0.311 e. The summed E-state index contributed by atoms with van der Waals surface area (Å²) in [7, 11) is 1.35. The van der Waals surface area contributed by atoms with Crippen molar-refractivity contribution in [2.45, 2.75) is 6.42 Å². The molecule has 28 heavy (non-hydrogen) atoms. The Morgan fingerprint density at radius 2 is 1.93 bits per heavy atom. The zero-order chi connectivity index (χ0) is 19.9. The minimum atomic E-state index is -0.353. The zero-order valence-corrected chi connectivity index (χ0v) is 17.5. The average molecular weight is 460 g/mol. The van der Waals surface area contributed by atoms with Gasteiger partial charge in [-0.15, -0.1) is 0 Å². The van der Waals surface area contributed by atoms with Gasteiger partial charge in [0.25, 0.3) is 0 Å². The van der Waals surface area contributed by atoms with Crippen molar-refractivity contribution in [3.63, 3.8) is 0 Å². The normalized spacial score (nSPS) is 12.6. The van der Waals surface area contributed by atoms with Crippen LogP contribution < -0.4 is 10.6 Å². The van der Waals surface area contributed by atoms with E-state index in [1.807, 2.05) is 48.5 Å². The molecule has 2 N–H and O–H groups in total. The fourth-order valence-electron chi connectivity index (χ4n) is 2.47. The predicted octanol–water partition coefficient (Wildman–Crippen LogP) is 4.72. The van der Waals surface area contributed by atoms with E-state index in [4.69, 9.17) is 4.74 Å². The molecule has 1 amide bonds. The number of esters is 1. The summed E-state index contributed by atoms with van der Waals surface area (Å²) in [6.07, 6.45) is 1.86. The molecule has 1 aliphatic heterocycles. The SMILES string of the molecule is COC(=O)CC1=CC(SCC(=O)Nc2ccccc2Br)=Nc2ccccc2N1. The molecule has 0 radical (unpaired) electrons. The highest BCUT2D eigenvalue weighted by Gasteiger charge is 2.15. The molecule has 144 valence electrons. The van der Waals surface area contributed by atoms with Gasteiger partial charge in [-0.3, -0.25) is 9.59 Å². The third-order valence-corrected chi connectivity index (χ3v) is 5.39. The summed E-state index contributed by atoms with van der Waals surface area (Å²) < 4.78 is 5.58. The van der Waals surface area contributed by atoms with Crippen LogP contribution in [0.5, 0.6) is 0 Å². The van der Waals surface area contributed by atoms with Crippen molar-refractivity contribution in [2.75, 3.05) is 23.5 Å². The summed E-state index contributed by atoms with van der Waals surface area (Å²) in [4.78, 5) is 28.6. The van der Waals surface area contributed by atoms with Gasteiger partial charge >= 0.3 is 5.97 Å². The Morgan fingerprint density at radius 3 is 2.71 bits per heavy atom. The quantitative estimate of drug-likeness (QED) is 0.632. The molecule has 0 aromatic heterocycles. The van der Waals surface area contributed by atoms with Crippen LogP contribution in [0.25, 0.3) is 0 Å². The topological polar surface area (TPSA) is 79.8 Å². The number of benzene rings is 2. The number of hydrogen-bond donors (Lipinski definition) is 2. The van der Waals surface area contributed by atoms with E-state index < -0.39 is 0 Å². The number of carbonyl (C=O) groups excluding carboxylic acids is 2. The first-order chi connectivity index (χ1) is 13.5. The van der Waals surface area contributed by atoms with Gasteiger partial charge in [-0.2, -0.15) is 0 Å². The number of hydrogen-bond acceptors (Lipinski definition) is 6. The van der Waals surface area contributed by atoms with Crippen molar-refractivity contribution in [1.82, 2.24) is 0 Å². The average Bonchev–Trinajstić information content (AvgIpc) is 2.86. The second kappa shape index (κ2) is 9.57. The van der Waals surface area contributed by atoms with Crippen molar-refractivity contribution >= 4 is 61.7 Å². The molecule has 0 unspecified atom stereocenters. The van der Waals surface area contributed by atoms with Gasteiger partial charge < -0.3 is 15.4 Å². The number of halogens is 1. The van der Waals surface area contributed by atoms with E-state index in [2.05, 4.69) is 31.6 Å². The number of carbonyl (C=O) groups is 2. The number of aliphatic imine (C=N–C) groups is 1. The Bertz CT molecular complexity index is 959. The lowest BCUT2D eigenvalue weighted by molar-refractivity contribution is -0.139. The Morgan fingerprint density at radius 1 is 1.18 bits per heavy atom. The van der Waals surface area contributed by atoms with E-state index in [0.29, 0.717) is 16.4 Å². The molecule has 8 heteroatoms. The minimum absolute atomic E-state index is 0.0908. The molecule has 0 fully saturated rings. The van der Waals surface area contributed by atoms with Crippen LogP contribution in [0.3, 0.4) is 0 Å². The fraction of sp³-hybridized carbons (Fsp3) is 0.150. The number of nitrogens with zero attached hydrogens (tertiary/aromatic N) is 1. The summed E-state index contributed by atoms with van der Waals surface area (Å²) in [6, 6.07) is 15.0. The maximum Gasteiger partial charge on any atom is 0.311 e. The van der Waals surface area contributed by atoms with Gasteiger partial charge in [0.1, 0.15) is 0 Å². The number of nitrogens with one attached hydrogen (secondary N) is 2. The lowest BCUT2D eigenvalue weighted by atomic mass is 10.2. The van der Waals surface area contributed by atoms with Crippen molar-refractivity contribution in [2.24, 2.45) is 4.99 Å². The number of anilines is 2. The van der Waals surface area contributed by atoms with Crippen molar-refractivity contribution in [1.29, 1.82) is 0 Å². The Labute approximate surface area is 175 Å². The number of para-hydroxylation sites is 3. The summed E-state index contributed by atoms with van der Waals surface area (Å²) in [5.74, 6) is -0.313. The van der Waals surface area contributed by atoms with E-state index >= 15 is 0 Å². The maximum absolute atomic E-state index is 12.3. The van der Waals surface area contributed by atoms with E-state index in [0.717, 1.165) is 15.8 Å². The van der Waals surface area contributed by atoms with Gasteiger partial charge in [0, 0.05) is 10.2 Å². The largest absolute Gasteiger partial charge is 0.469 e. The van der Waals surface area contributed by atoms with Crippen LogP contribution >= 0.6 is 27.7 Å². The van der Waals surface area contributed by atoms with E-state index in [-0.39, 0.29) is 24.1 Å². The Hall–Kier alpha value is -2.58. The number of fused-ring (bicyclic) bond motifs is 1. The number of rotatable bonds is 5. The summed E-state index contributed by atoms with van der Waals surface area (Å²) in [5, 5.41) is 6.72. The molecule has 0 atom stereocenters. The molecule has 2 aromatic carbocycles. The molecule has 3 rings (SSSR count). The maximum atomic E-state index is 12.3. The van der Waals surface area contributed by atoms with Gasteiger partial charge in [-0.1, -0.05) is 36.0 Å². The standard InChI is InChI=1S/C20H18BrN3O3S/c1-27-20(26)11-13-10-19(24-17-9-5-4-8-16(17)22-13)28-12-18(25)23-15-7-3-2-6-14(15)21/h2-10,22H,11-12H2,1H3,(H,23,25). The second-order valence-electron chi connectivity index (χ2n) is 5.83. The third kappa shape index (κ3) is 5.46. The van der Waals surface area contributed by atoms with Gasteiger partial charge in [-0.05, 0) is 46.3 Å². The molecular weight excluding hydrogens is 442 g/mol. The monoisotopic (exact) mass is 459 g/mol. The lowest BCUT2D eigenvalue weighted by Crippen LogP contribution is -2.15. The van der Waals surface area contributed by atoms with Crippen LogP contribution in [0, 0.1) is 0 Å². The molecule has 1 heterocycles. The molecule has 0 bridgehead atoms. The first kappa shape index (κ1) is 20.2. The lowest BCUT2D eigenvalue weighted by Gasteiger charge is -2.09. The number of methoxy groups -OCH3 is 1. The Kier molecular flexibility index (Phi) is 6.89. The van der Waals surface area contributed by atoms with Gasteiger partial charge in [0.05, 0.1) is 41.4 Å². The summed E-state index contributed by atoms with van der Waals surface area (Å²) in [6.45, 7) is 0. The molecule has 0 saturated heterocycles. The van der Waals surface area contributed by atoms with E-state index in [1.54, 1.807) is 6.08 Å². The molecule has 0 aliphatic carbocycles. The predicted molar refractivity (Wildman–Crippen MR) is 117 cm³/mol. The number of ether oxygens (including phenoxy) is 1. The zero-order valence-electron chi connectivity index (χ0n) is 15.1. The molecule has 0 spiro atoms. The highest BCUT2D eigenvalue weighted by Crippen LogP contribution is 2.31. The van der Waals surface area contributed by atoms with Crippen LogP contribution in [-0.4, -0.2) is 29.8 Å². The minimum Gasteiger partial charge on any atom is -0.469 e. The molecule has 2 aromatic rings. The summed E-state index contributed by atoms with van der Waals surface area (Å²) >= 11 is 4.71. The van der Waals surface area contributed by atoms with Crippen molar-refractivity contribution in [3.8, 4) is 0 Å². The summed E-state index contributed by atoms with van der Waals surface area (Å²) in [5.41, 5.74) is 2.91.